The molecule has 4 rings (SSSR count). The lowest BCUT2D eigenvalue weighted by Crippen LogP contribution is -2.29. The first kappa shape index (κ1) is 16.8. The van der Waals surface area contributed by atoms with Crippen LogP contribution in [0.25, 0.3) is 20.4 Å². The molecule has 4 aromatic rings. The summed E-state index contributed by atoms with van der Waals surface area (Å²) in [6, 6.07) is 3.84. The summed E-state index contributed by atoms with van der Waals surface area (Å²) in [5.41, 5.74) is 2.77. The van der Waals surface area contributed by atoms with Gasteiger partial charge in [-0.2, -0.15) is 0 Å². The molecule has 0 bridgehead atoms. The molecule has 132 valence electrons. The first-order valence-corrected chi connectivity index (χ1v) is 9.55. The van der Waals surface area contributed by atoms with Crippen molar-refractivity contribution in [1.82, 2.24) is 19.5 Å². The Morgan fingerprint density at radius 1 is 1.12 bits per heavy atom. The van der Waals surface area contributed by atoms with E-state index in [0.717, 1.165) is 25.4 Å². The van der Waals surface area contributed by atoms with E-state index in [4.69, 9.17) is 0 Å². The number of carbonyl (C=O) groups excluding carboxylic acids is 1. The van der Waals surface area contributed by atoms with Crippen LogP contribution in [0.2, 0.25) is 0 Å². The summed E-state index contributed by atoms with van der Waals surface area (Å²) in [4.78, 5) is 37.6. The number of thiazole rings is 2. The van der Waals surface area contributed by atoms with Gasteiger partial charge < -0.3 is 5.32 Å². The second-order valence-electron chi connectivity index (χ2n) is 5.95. The minimum Gasteiger partial charge on any atom is -0.300 e. The van der Waals surface area contributed by atoms with E-state index in [9.17, 15) is 9.59 Å². The van der Waals surface area contributed by atoms with E-state index in [1.807, 2.05) is 19.1 Å². The van der Waals surface area contributed by atoms with Gasteiger partial charge in [0.1, 0.15) is 6.54 Å². The van der Waals surface area contributed by atoms with Gasteiger partial charge in [-0.1, -0.05) is 11.3 Å². The minimum absolute atomic E-state index is 0.0993. The fraction of sp³-hybridized carbons (Fsp3) is 0.235. The molecule has 0 spiro atoms. The van der Waals surface area contributed by atoms with Crippen LogP contribution in [0.1, 0.15) is 16.3 Å². The lowest BCUT2D eigenvalue weighted by Gasteiger charge is -2.07. The molecule has 0 saturated carbocycles. The molecule has 0 aliphatic heterocycles. The van der Waals surface area contributed by atoms with Gasteiger partial charge in [0.25, 0.3) is 5.56 Å². The van der Waals surface area contributed by atoms with E-state index >= 15 is 0 Å². The van der Waals surface area contributed by atoms with Crippen LogP contribution in [0.3, 0.4) is 0 Å². The van der Waals surface area contributed by atoms with Crippen molar-refractivity contribution in [2.45, 2.75) is 27.3 Å². The van der Waals surface area contributed by atoms with Crippen LogP contribution in [0, 0.1) is 20.8 Å². The number of nitrogens with zero attached hydrogens (tertiary/aromatic N) is 4. The summed E-state index contributed by atoms with van der Waals surface area (Å²) in [7, 11) is 0. The van der Waals surface area contributed by atoms with Crippen LogP contribution >= 0.6 is 22.7 Å². The number of amides is 1. The molecule has 26 heavy (non-hydrogen) atoms. The molecule has 7 nitrogen and oxygen atoms in total. The molecule has 3 heterocycles. The molecular formula is C17H15N5O2S2. The van der Waals surface area contributed by atoms with Gasteiger partial charge in [-0.25, -0.2) is 15.0 Å². The summed E-state index contributed by atoms with van der Waals surface area (Å²) >= 11 is 3.03. The van der Waals surface area contributed by atoms with Gasteiger partial charge in [-0.3, -0.25) is 14.2 Å². The van der Waals surface area contributed by atoms with Crippen molar-refractivity contribution in [2.24, 2.45) is 0 Å². The van der Waals surface area contributed by atoms with Crippen molar-refractivity contribution in [1.29, 1.82) is 0 Å². The van der Waals surface area contributed by atoms with Gasteiger partial charge in [0.2, 0.25) is 5.91 Å². The molecule has 3 aromatic heterocycles. The van der Waals surface area contributed by atoms with Gasteiger partial charge in [0.05, 0.1) is 31.8 Å². The summed E-state index contributed by atoms with van der Waals surface area (Å²) < 4.78 is 3.39. The van der Waals surface area contributed by atoms with Crippen molar-refractivity contribution in [3.05, 3.63) is 45.1 Å². The van der Waals surface area contributed by atoms with Crippen molar-refractivity contribution in [3.8, 4) is 0 Å². The quantitative estimate of drug-likeness (QED) is 0.585. The Bertz CT molecular complexity index is 1220. The number of hydrogen-bond donors (Lipinski definition) is 1. The average Bonchev–Trinajstić information content (AvgIpc) is 3.17. The number of aromatic nitrogens is 4. The van der Waals surface area contributed by atoms with Gasteiger partial charge in [-0.05, 0) is 32.9 Å². The van der Waals surface area contributed by atoms with E-state index in [1.54, 1.807) is 25.2 Å². The Balaban J connectivity index is 1.61. The van der Waals surface area contributed by atoms with Crippen LogP contribution in [-0.2, 0) is 11.3 Å². The maximum Gasteiger partial charge on any atom is 0.256 e. The monoisotopic (exact) mass is 385 g/mol. The highest BCUT2D eigenvalue weighted by atomic mass is 32.1. The molecule has 1 amide bonds. The summed E-state index contributed by atoms with van der Waals surface area (Å²) in [5.74, 6) is -0.312. The van der Waals surface area contributed by atoms with Gasteiger partial charge >= 0.3 is 0 Å². The zero-order valence-corrected chi connectivity index (χ0v) is 16.0. The third-order valence-corrected chi connectivity index (χ3v) is 6.23. The van der Waals surface area contributed by atoms with Crippen LogP contribution in [0.5, 0.6) is 0 Å². The molecule has 0 unspecified atom stereocenters. The molecular weight excluding hydrogens is 370 g/mol. The molecule has 0 radical (unpaired) electrons. The van der Waals surface area contributed by atoms with E-state index in [2.05, 4.69) is 20.3 Å². The Morgan fingerprint density at radius 3 is 2.58 bits per heavy atom. The predicted octanol–water partition coefficient (Wildman–Crippen LogP) is 3.03. The lowest BCUT2D eigenvalue weighted by atomic mass is 10.3. The number of anilines is 1. The number of aryl methyl sites for hydroxylation is 2. The molecule has 0 aliphatic carbocycles. The first-order chi connectivity index (χ1) is 12.4. The van der Waals surface area contributed by atoms with Crippen molar-refractivity contribution >= 4 is 54.1 Å². The highest BCUT2D eigenvalue weighted by molar-refractivity contribution is 7.28. The number of nitrogens with one attached hydrogen (secondary N) is 1. The number of hydrogen-bond acceptors (Lipinski definition) is 7. The molecule has 1 aromatic carbocycles. The summed E-state index contributed by atoms with van der Waals surface area (Å²) in [5, 5.41) is 4.28. The highest BCUT2D eigenvalue weighted by Gasteiger charge is 2.14. The third-order valence-electron chi connectivity index (χ3n) is 4.09. The third kappa shape index (κ3) is 2.89. The average molecular weight is 385 g/mol. The zero-order valence-electron chi connectivity index (χ0n) is 14.4. The topological polar surface area (TPSA) is 89.8 Å². The van der Waals surface area contributed by atoms with Gasteiger partial charge in [0.15, 0.2) is 5.13 Å². The lowest BCUT2D eigenvalue weighted by molar-refractivity contribution is -0.116. The summed E-state index contributed by atoms with van der Waals surface area (Å²) in [6.07, 6.45) is 1.40. The minimum atomic E-state index is -0.312. The van der Waals surface area contributed by atoms with Gasteiger partial charge in [0, 0.05) is 11.3 Å². The van der Waals surface area contributed by atoms with E-state index in [-0.39, 0.29) is 18.0 Å². The molecule has 0 atom stereocenters. The second-order valence-corrected chi connectivity index (χ2v) is 8.15. The van der Waals surface area contributed by atoms with Crippen LogP contribution in [0.15, 0.2) is 23.3 Å². The molecule has 0 saturated heterocycles. The SMILES string of the molecule is Cc1nc2ccc3nc(NC(=O)Cn4cnc(C)c(C)c4=O)sc3c2s1. The van der Waals surface area contributed by atoms with E-state index in [1.165, 1.54) is 22.2 Å². The first-order valence-electron chi connectivity index (χ1n) is 7.91. The Kier molecular flexibility index (Phi) is 4.04. The molecule has 1 N–H and O–H groups in total. The fourth-order valence-electron chi connectivity index (χ4n) is 2.64. The molecule has 0 aliphatic rings. The van der Waals surface area contributed by atoms with Crippen LogP contribution in [-0.4, -0.2) is 25.4 Å². The van der Waals surface area contributed by atoms with Crippen molar-refractivity contribution in [3.63, 3.8) is 0 Å². The van der Waals surface area contributed by atoms with Gasteiger partial charge in [-0.15, -0.1) is 11.3 Å². The van der Waals surface area contributed by atoms with Crippen molar-refractivity contribution in [2.75, 3.05) is 5.32 Å². The van der Waals surface area contributed by atoms with Crippen LogP contribution < -0.4 is 10.9 Å². The second kappa shape index (κ2) is 6.26. The Hall–Kier alpha value is -2.65. The van der Waals surface area contributed by atoms with Crippen molar-refractivity contribution < 1.29 is 4.79 Å². The van der Waals surface area contributed by atoms with E-state index in [0.29, 0.717) is 16.4 Å². The number of carbonyl (C=O) groups is 1. The van der Waals surface area contributed by atoms with E-state index < -0.39 is 0 Å². The highest BCUT2D eigenvalue weighted by Crippen LogP contribution is 2.35. The molecule has 0 fully saturated rings. The Labute approximate surface area is 156 Å². The smallest absolute Gasteiger partial charge is 0.256 e. The largest absolute Gasteiger partial charge is 0.300 e. The Morgan fingerprint density at radius 2 is 1.81 bits per heavy atom. The standard InChI is InChI=1S/C17H15N5O2S2/c1-8-9(2)18-7-22(16(8)24)6-13(23)21-17-20-12-5-4-11-14(15(12)26-17)25-10(3)19-11/h4-5,7H,6H2,1-3H3,(H,20,21,23). The maximum absolute atomic E-state index is 12.3. The van der Waals surface area contributed by atoms with Crippen LogP contribution in [0.4, 0.5) is 5.13 Å². The fourth-order valence-corrected chi connectivity index (χ4v) is 4.66. The number of rotatable bonds is 3. The normalized spacial score (nSPS) is 11.3. The predicted molar refractivity (Wildman–Crippen MR) is 104 cm³/mol. The zero-order chi connectivity index (χ0) is 18.4. The maximum atomic E-state index is 12.3. The summed E-state index contributed by atoms with van der Waals surface area (Å²) in [6.45, 7) is 5.34. The molecule has 9 heteroatoms. The number of benzene rings is 1. The number of fused-ring (bicyclic) bond motifs is 3.